The van der Waals surface area contributed by atoms with E-state index in [4.69, 9.17) is 11.6 Å². The predicted molar refractivity (Wildman–Crippen MR) is 100 cm³/mol. The number of aromatic nitrogens is 3. The number of amides is 1. The zero-order valence-electron chi connectivity index (χ0n) is 13.7. The summed E-state index contributed by atoms with van der Waals surface area (Å²) < 4.78 is 2.47. The van der Waals surface area contributed by atoms with Gasteiger partial charge >= 0.3 is 0 Å². The lowest BCUT2D eigenvalue weighted by atomic mass is 10.2. The summed E-state index contributed by atoms with van der Waals surface area (Å²) in [6.45, 7) is 1.18. The molecule has 0 N–H and O–H groups in total. The minimum absolute atomic E-state index is 0.0952. The summed E-state index contributed by atoms with van der Waals surface area (Å²) >= 11 is 7.38. The molecule has 0 unspecified atom stereocenters. The molecule has 0 aliphatic heterocycles. The topological polar surface area (TPSA) is 51.0 Å². The third-order valence-electron chi connectivity index (χ3n) is 3.54. The van der Waals surface area contributed by atoms with Crippen molar-refractivity contribution in [1.29, 1.82) is 0 Å². The number of likely N-dealkylation sites (N-methyl/N-ethyl adjacent to an activating group) is 1. The number of hydrogen-bond acceptors (Lipinski definition) is 4. The number of hydrogen-bond donors (Lipinski definition) is 0. The second-order valence-electron chi connectivity index (χ2n) is 5.56. The first kappa shape index (κ1) is 17.4. The van der Waals surface area contributed by atoms with E-state index in [9.17, 15) is 4.79 Å². The molecular formula is C18H17ClN4OS. The standard InChI is InChI=1S/C18H17ClN4OS/c1-22(13-16-8-9-17(19)25-16)18(24)10-7-15-12-23(21-20-15)11-14-5-3-2-4-6-14/h2-10,12H,11,13H2,1H3/b10-7+. The lowest BCUT2D eigenvalue weighted by Crippen LogP contribution is -2.23. The van der Waals surface area contributed by atoms with Crippen molar-refractivity contribution in [3.05, 3.63) is 75.2 Å². The van der Waals surface area contributed by atoms with E-state index in [0.717, 1.165) is 14.8 Å². The fourth-order valence-electron chi connectivity index (χ4n) is 2.27. The van der Waals surface area contributed by atoms with Gasteiger partial charge < -0.3 is 4.90 Å². The summed E-state index contributed by atoms with van der Waals surface area (Å²) in [6, 6.07) is 13.8. The van der Waals surface area contributed by atoms with Gasteiger partial charge in [-0.15, -0.1) is 16.4 Å². The molecule has 0 aliphatic carbocycles. The van der Waals surface area contributed by atoms with Crippen LogP contribution < -0.4 is 0 Å². The van der Waals surface area contributed by atoms with E-state index < -0.39 is 0 Å². The Balaban J connectivity index is 1.57. The smallest absolute Gasteiger partial charge is 0.246 e. The molecular weight excluding hydrogens is 356 g/mol. The van der Waals surface area contributed by atoms with Gasteiger partial charge in [0, 0.05) is 18.0 Å². The molecule has 5 nitrogen and oxygen atoms in total. The van der Waals surface area contributed by atoms with Crippen LogP contribution in [0.2, 0.25) is 4.34 Å². The molecule has 3 rings (SSSR count). The highest BCUT2D eigenvalue weighted by atomic mass is 35.5. The molecule has 0 bridgehead atoms. The fraction of sp³-hybridized carbons (Fsp3) is 0.167. The Morgan fingerprint density at radius 1 is 1.28 bits per heavy atom. The van der Waals surface area contributed by atoms with Crippen LogP contribution in [0.15, 0.2) is 54.7 Å². The van der Waals surface area contributed by atoms with Crippen molar-refractivity contribution in [2.24, 2.45) is 0 Å². The lowest BCUT2D eigenvalue weighted by Gasteiger charge is -2.13. The minimum atomic E-state index is -0.0952. The summed E-state index contributed by atoms with van der Waals surface area (Å²) in [5.41, 5.74) is 1.80. The van der Waals surface area contributed by atoms with Crippen LogP contribution in [-0.4, -0.2) is 32.8 Å². The average Bonchev–Trinajstić information content (AvgIpc) is 3.22. The van der Waals surface area contributed by atoms with Crippen LogP contribution in [-0.2, 0) is 17.9 Å². The van der Waals surface area contributed by atoms with Crippen molar-refractivity contribution in [2.75, 3.05) is 7.05 Å². The highest BCUT2D eigenvalue weighted by molar-refractivity contribution is 7.16. The van der Waals surface area contributed by atoms with E-state index >= 15 is 0 Å². The first-order valence-electron chi connectivity index (χ1n) is 7.71. The maximum absolute atomic E-state index is 12.2. The molecule has 0 saturated carbocycles. The zero-order valence-corrected chi connectivity index (χ0v) is 15.2. The van der Waals surface area contributed by atoms with Crippen molar-refractivity contribution in [2.45, 2.75) is 13.1 Å². The van der Waals surface area contributed by atoms with Crippen LogP contribution in [0.25, 0.3) is 6.08 Å². The average molecular weight is 373 g/mol. The van der Waals surface area contributed by atoms with Crippen LogP contribution in [0.1, 0.15) is 16.1 Å². The van der Waals surface area contributed by atoms with Gasteiger partial charge in [-0.25, -0.2) is 4.68 Å². The molecule has 128 valence electrons. The molecule has 7 heteroatoms. The molecule has 0 fully saturated rings. The Bertz CT molecular complexity index is 872. The molecule has 1 aromatic carbocycles. The molecule has 2 aromatic heterocycles. The minimum Gasteiger partial charge on any atom is -0.337 e. The van der Waals surface area contributed by atoms with Crippen molar-refractivity contribution < 1.29 is 4.79 Å². The summed E-state index contributed by atoms with van der Waals surface area (Å²) in [5.74, 6) is -0.0952. The van der Waals surface area contributed by atoms with Crippen LogP contribution in [0.3, 0.4) is 0 Å². The molecule has 0 atom stereocenters. The molecule has 3 aromatic rings. The van der Waals surface area contributed by atoms with E-state index in [1.807, 2.05) is 48.7 Å². The van der Waals surface area contributed by atoms with Crippen molar-refractivity contribution in [1.82, 2.24) is 19.9 Å². The zero-order chi connectivity index (χ0) is 17.6. The van der Waals surface area contributed by atoms with Gasteiger partial charge in [0.1, 0.15) is 5.69 Å². The number of halogens is 1. The number of thiophene rings is 1. The van der Waals surface area contributed by atoms with E-state index in [1.165, 1.54) is 17.4 Å². The Hall–Kier alpha value is -2.44. The second-order valence-corrected chi connectivity index (χ2v) is 7.36. The molecule has 0 spiro atoms. The number of nitrogens with zero attached hydrogens (tertiary/aromatic N) is 4. The van der Waals surface area contributed by atoms with Gasteiger partial charge in [-0.1, -0.05) is 47.1 Å². The molecule has 0 radical (unpaired) electrons. The maximum Gasteiger partial charge on any atom is 0.246 e. The van der Waals surface area contributed by atoms with Crippen LogP contribution in [0.5, 0.6) is 0 Å². The van der Waals surface area contributed by atoms with Gasteiger partial charge in [0.05, 0.1) is 23.6 Å². The van der Waals surface area contributed by atoms with Crippen LogP contribution in [0, 0.1) is 0 Å². The number of carbonyl (C=O) groups is 1. The Morgan fingerprint density at radius 3 is 2.80 bits per heavy atom. The van der Waals surface area contributed by atoms with Crippen LogP contribution in [0.4, 0.5) is 0 Å². The van der Waals surface area contributed by atoms with Gasteiger partial charge in [0.2, 0.25) is 5.91 Å². The van der Waals surface area contributed by atoms with E-state index in [0.29, 0.717) is 18.8 Å². The SMILES string of the molecule is CN(Cc1ccc(Cl)s1)C(=O)/C=C/c1cn(Cc2ccccc2)nn1. The normalized spacial score (nSPS) is 11.1. The summed E-state index contributed by atoms with van der Waals surface area (Å²) in [4.78, 5) is 14.9. The van der Waals surface area contributed by atoms with Gasteiger partial charge in [-0.3, -0.25) is 4.79 Å². The lowest BCUT2D eigenvalue weighted by molar-refractivity contribution is -0.125. The number of rotatable bonds is 6. The summed E-state index contributed by atoms with van der Waals surface area (Å²) in [6.07, 6.45) is 5.00. The van der Waals surface area contributed by atoms with Crippen LogP contribution >= 0.6 is 22.9 Å². The first-order chi connectivity index (χ1) is 12.1. The van der Waals surface area contributed by atoms with Crippen molar-refractivity contribution in [3.8, 4) is 0 Å². The fourth-order valence-corrected chi connectivity index (χ4v) is 3.41. The Kier molecular flexibility index (Phi) is 5.63. The van der Waals surface area contributed by atoms with E-state index in [2.05, 4.69) is 10.3 Å². The largest absolute Gasteiger partial charge is 0.337 e. The van der Waals surface area contributed by atoms with Gasteiger partial charge in [0.15, 0.2) is 0 Å². The maximum atomic E-state index is 12.2. The Morgan fingerprint density at radius 2 is 2.08 bits per heavy atom. The van der Waals surface area contributed by atoms with E-state index in [1.54, 1.807) is 22.7 Å². The highest BCUT2D eigenvalue weighted by Gasteiger charge is 2.08. The monoisotopic (exact) mass is 372 g/mol. The third kappa shape index (κ3) is 5.01. The number of carbonyl (C=O) groups excluding carboxylic acids is 1. The Labute approximate surface area is 155 Å². The molecule has 25 heavy (non-hydrogen) atoms. The molecule has 0 saturated heterocycles. The molecule has 2 heterocycles. The quantitative estimate of drug-likeness (QED) is 0.620. The molecule has 1 amide bonds. The third-order valence-corrected chi connectivity index (χ3v) is 4.75. The van der Waals surface area contributed by atoms with Gasteiger partial charge in [-0.2, -0.15) is 0 Å². The van der Waals surface area contributed by atoms with E-state index in [-0.39, 0.29) is 5.91 Å². The van der Waals surface area contributed by atoms with Gasteiger partial charge in [0.25, 0.3) is 0 Å². The number of benzene rings is 1. The van der Waals surface area contributed by atoms with Gasteiger partial charge in [-0.05, 0) is 23.8 Å². The van der Waals surface area contributed by atoms with Crippen molar-refractivity contribution in [3.63, 3.8) is 0 Å². The first-order valence-corrected chi connectivity index (χ1v) is 8.91. The molecule has 0 aliphatic rings. The summed E-state index contributed by atoms with van der Waals surface area (Å²) in [7, 11) is 1.76. The highest BCUT2D eigenvalue weighted by Crippen LogP contribution is 2.22. The predicted octanol–water partition coefficient (Wildman–Crippen LogP) is 3.71. The second kappa shape index (κ2) is 8.09. The van der Waals surface area contributed by atoms with Crippen molar-refractivity contribution >= 4 is 34.9 Å². The summed E-state index contributed by atoms with van der Waals surface area (Å²) in [5, 5.41) is 8.15.